The smallest absolute Gasteiger partial charge is 0.237 e. The SMILES string of the molecule is O=C(NCc1ccco1)C1CCCN1CC(=O)N(Cc1ccc(F)cc1)C1CCCCC1. The van der Waals surface area contributed by atoms with Crippen molar-refractivity contribution in [2.24, 2.45) is 0 Å². The normalized spacial score (nSPS) is 19.7. The summed E-state index contributed by atoms with van der Waals surface area (Å²) >= 11 is 0. The number of nitrogens with zero attached hydrogens (tertiary/aromatic N) is 2. The highest BCUT2D eigenvalue weighted by molar-refractivity contribution is 5.84. The molecular formula is C25H32FN3O3. The Morgan fingerprint density at radius 3 is 2.56 bits per heavy atom. The highest BCUT2D eigenvalue weighted by atomic mass is 19.1. The van der Waals surface area contributed by atoms with Crippen LogP contribution in [0.4, 0.5) is 4.39 Å². The van der Waals surface area contributed by atoms with Crippen molar-refractivity contribution in [3.63, 3.8) is 0 Å². The lowest BCUT2D eigenvalue weighted by Gasteiger charge is -2.36. The van der Waals surface area contributed by atoms with Crippen LogP contribution in [-0.4, -0.2) is 46.8 Å². The number of amides is 2. The van der Waals surface area contributed by atoms with Crippen LogP contribution in [0, 0.1) is 5.82 Å². The van der Waals surface area contributed by atoms with Crippen molar-refractivity contribution in [2.45, 2.75) is 70.1 Å². The summed E-state index contributed by atoms with van der Waals surface area (Å²) in [6, 6.07) is 9.91. The summed E-state index contributed by atoms with van der Waals surface area (Å²) in [6.07, 6.45) is 8.69. The summed E-state index contributed by atoms with van der Waals surface area (Å²) in [4.78, 5) is 30.2. The largest absolute Gasteiger partial charge is 0.467 e. The van der Waals surface area contributed by atoms with Gasteiger partial charge in [-0.15, -0.1) is 0 Å². The quantitative estimate of drug-likeness (QED) is 0.676. The van der Waals surface area contributed by atoms with E-state index in [9.17, 15) is 14.0 Å². The molecule has 0 bridgehead atoms. The van der Waals surface area contributed by atoms with Gasteiger partial charge in [0.05, 0.1) is 25.4 Å². The molecule has 2 aliphatic rings. The van der Waals surface area contributed by atoms with Crippen LogP contribution in [0.5, 0.6) is 0 Å². The number of benzene rings is 1. The van der Waals surface area contributed by atoms with E-state index in [4.69, 9.17) is 4.42 Å². The molecule has 1 aromatic heterocycles. The third kappa shape index (κ3) is 5.76. The molecule has 1 saturated heterocycles. The molecule has 4 rings (SSSR count). The molecule has 0 spiro atoms. The van der Waals surface area contributed by atoms with Crippen molar-refractivity contribution in [3.05, 3.63) is 59.8 Å². The Labute approximate surface area is 188 Å². The lowest BCUT2D eigenvalue weighted by atomic mass is 9.93. The summed E-state index contributed by atoms with van der Waals surface area (Å²) in [7, 11) is 0. The van der Waals surface area contributed by atoms with Crippen molar-refractivity contribution in [1.82, 2.24) is 15.1 Å². The first kappa shape index (κ1) is 22.5. The standard InChI is InChI=1S/C25H32FN3O3/c26-20-12-10-19(11-13-20)17-29(21-6-2-1-3-7-21)24(30)18-28-14-4-9-23(28)25(31)27-16-22-8-5-15-32-22/h5,8,10-13,15,21,23H,1-4,6-7,9,14,16-18H2,(H,27,31). The van der Waals surface area contributed by atoms with Gasteiger partial charge in [-0.05, 0) is 62.1 Å². The fourth-order valence-electron chi connectivity index (χ4n) is 4.88. The number of carbonyl (C=O) groups is 2. The molecule has 32 heavy (non-hydrogen) atoms. The van der Waals surface area contributed by atoms with Gasteiger partial charge in [0.25, 0.3) is 0 Å². The van der Waals surface area contributed by atoms with Gasteiger partial charge < -0.3 is 14.6 Å². The first-order valence-electron chi connectivity index (χ1n) is 11.7. The summed E-state index contributed by atoms with van der Waals surface area (Å²) in [5, 5.41) is 2.93. The van der Waals surface area contributed by atoms with E-state index >= 15 is 0 Å². The van der Waals surface area contributed by atoms with Gasteiger partial charge in [-0.25, -0.2) is 4.39 Å². The van der Waals surface area contributed by atoms with E-state index in [1.807, 2.05) is 15.9 Å². The molecule has 1 aromatic carbocycles. The maximum absolute atomic E-state index is 13.4. The second-order valence-electron chi connectivity index (χ2n) is 8.87. The van der Waals surface area contributed by atoms with Crippen molar-refractivity contribution in [3.8, 4) is 0 Å². The molecule has 2 fully saturated rings. The molecule has 1 N–H and O–H groups in total. The van der Waals surface area contributed by atoms with Gasteiger partial charge >= 0.3 is 0 Å². The maximum atomic E-state index is 13.4. The summed E-state index contributed by atoms with van der Waals surface area (Å²) in [5.74, 6) is 0.424. The van der Waals surface area contributed by atoms with Crippen molar-refractivity contribution < 1.29 is 18.4 Å². The van der Waals surface area contributed by atoms with Crippen LogP contribution in [0.25, 0.3) is 0 Å². The number of halogens is 1. The zero-order chi connectivity index (χ0) is 22.3. The molecular weight excluding hydrogens is 409 g/mol. The highest BCUT2D eigenvalue weighted by Gasteiger charge is 2.34. The van der Waals surface area contributed by atoms with Crippen LogP contribution in [0.2, 0.25) is 0 Å². The molecule has 1 aliphatic heterocycles. The molecule has 1 aliphatic carbocycles. The number of carbonyl (C=O) groups excluding carboxylic acids is 2. The zero-order valence-electron chi connectivity index (χ0n) is 18.5. The molecule has 7 heteroatoms. The van der Waals surface area contributed by atoms with E-state index in [1.54, 1.807) is 24.5 Å². The van der Waals surface area contributed by atoms with Gasteiger partial charge in [-0.1, -0.05) is 31.4 Å². The van der Waals surface area contributed by atoms with E-state index in [0.29, 0.717) is 18.8 Å². The Morgan fingerprint density at radius 2 is 1.84 bits per heavy atom. The number of furan rings is 1. The van der Waals surface area contributed by atoms with Crippen LogP contribution in [-0.2, 0) is 22.7 Å². The lowest BCUT2D eigenvalue weighted by Crippen LogP contribution is -2.50. The summed E-state index contributed by atoms with van der Waals surface area (Å²) in [6.45, 7) is 1.80. The number of nitrogens with one attached hydrogen (secondary N) is 1. The van der Waals surface area contributed by atoms with Gasteiger partial charge in [0.2, 0.25) is 11.8 Å². The van der Waals surface area contributed by atoms with Crippen molar-refractivity contribution >= 4 is 11.8 Å². The number of hydrogen-bond donors (Lipinski definition) is 1. The number of hydrogen-bond acceptors (Lipinski definition) is 4. The minimum atomic E-state index is -0.298. The monoisotopic (exact) mass is 441 g/mol. The predicted molar refractivity (Wildman–Crippen MR) is 119 cm³/mol. The molecule has 2 aromatic rings. The van der Waals surface area contributed by atoms with Crippen LogP contribution in [0.3, 0.4) is 0 Å². The van der Waals surface area contributed by atoms with Gasteiger partial charge in [0, 0.05) is 12.6 Å². The van der Waals surface area contributed by atoms with E-state index in [1.165, 1.54) is 18.6 Å². The first-order valence-corrected chi connectivity index (χ1v) is 11.7. The molecule has 0 radical (unpaired) electrons. The Balaban J connectivity index is 1.40. The molecule has 172 valence electrons. The Hall–Kier alpha value is -2.67. The van der Waals surface area contributed by atoms with Crippen molar-refractivity contribution in [1.29, 1.82) is 0 Å². The molecule has 1 atom stereocenters. The van der Waals surface area contributed by atoms with Gasteiger partial charge in [-0.3, -0.25) is 14.5 Å². The van der Waals surface area contributed by atoms with Gasteiger partial charge in [0.15, 0.2) is 0 Å². The average Bonchev–Trinajstić information content (AvgIpc) is 3.50. The molecule has 2 amide bonds. The van der Waals surface area contributed by atoms with Crippen LogP contribution >= 0.6 is 0 Å². The highest BCUT2D eigenvalue weighted by Crippen LogP contribution is 2.25. The average molecular weight is 442 g/mol. The van der Waals surface area contributed by atoms with Crippen LogP contribution in [0.15, 0.2) is 47.1 Å². The molecule has 1 unspecified atom stereocenters. The van der Waals surface area contributed by atoms with Crippen LogP contribution < -0.4 is 5.32 Å². The van der Waals surface area contributed by atoms with Crippen LogP contribution in [0.1, 0.15) is 56.3 Å². The summed E-state index contributed by atoms with van der Waals surface area (Å²) < 4.78 is 18.6. The molecule has 6 nitrogen and oxygen atoms in total. The number of rotatable bonds is 8. The van der Waals surface area contributed by atoms with E-state index < -0.39 is 0 Å². The fourth-order valence-corrected chi connectivity index (χ4v) is 4.88. The maximum Gasteiger partial charge on any atom is 0.237 e. The fraction of sp³-hybridized carbons (Fsp3) is 0.520. The predicted octanol–water partition coefficient (Wildman–Crippen LogP) is 3.86. The van der Waals surface area contributed by atoms with E-state index in [2.05, 4.69) is 5.32 Å². The zero-order valence-corrected chi connectivity index (χ0v) is 18.5. The minimum Gasteiger partial charge on any atom is -0.467 e. The van der Waals surface area contributed by atoms with Gasteiger partial charge in [-0.2, -0.15) is 0 Å². The second-order valence-corrected chi connectivity index (χ2v) is 8.87. The second kappa shape index (κ2) is 10.8. The first-order chi connectivity index (χ1) is 15.6. The third-order valence-corrected chi connectivity index (χ3v) is 6.62. The third-order valence-electron chi connectivity index (χ3n) is 6.62. The minimum absolute atomic E-state index is 0.0481. The Morgan fingerprint density at radius 1 is 1.06 bits per heavy atom. The Kier molecular flexibility index (Phi) is 7.58. The molecule has 1 saturated carbocycles. The topological polar surface area (TPSA) is 65.8 Å². The summed E-state index contributed by atoms with van der Waals surface area (Å²) in [5.41, 5.74) is 0.930. The van der Waals surface area contributed by atoms with Crippen molar-refractivity contribution in [2.75, 3.05) is 13.1 Å². The van der Waals surface area contributed by atoms with Gasteiger partial charge in [0.1, 0.15) is 11.6 Å². The molecule has 2 heterocycles. The van der Waals surface area contributed by atoms with E-state index in [0.717, 1.165) is 50.6 Å². The number of likely N-dealkylation sites (tertiary alicyclic amines) is 1. The Bertz CT molecular complexity index is 878. The lowest BCUT2D eigenvalue weighted by molar-refractivity contribution is -0.137. The van der Waals surface area contributed by atoms with E-state index in [-0.39, 0.29) is 36.3 Å².